The van der Waals surface area contributed by atoms with Gasteiger partial charge in [-0.3, -0.25) is 0 Å². The van der Waals surface area contributed by atoms with Crippen LogP contribution in [0.4, 0.5) is 0 Å². The number of rotatable bonds is 1. The summed E-state index contributed by atoms with van der Waals surface area (Å²) in [5.74, 6) is 0. The maximum absolute atomic E-state index is 10.5. The zero-order valence-corrected chi connectivity index (χ0v) is 9.73. The van der Waals surface area contributed by atoms with Crippen molar-refractivity contribution >= 4 is 10.1 Å². The van der Waals surface area contributed by atoms with Crippen LogP contribution in [-0.2, 0) is 10.1 Å². The monoisotopic (exact) mass is 203 g/mol. The second-order valence-electron chi connectivity index (χ2n) is 2.68. The van der Waals surface area contributed by atoms with E-state index in [0.717, 1.165) is 0 Å². The molecule has 1 aliphatic heterocycles. The summed E-state index contributed by atoms with van der Waals surface area (Å²) in [5.41, 5.74) is 0. The number of β-amino-alcohol motifs (C(OH)–C–C–N with tert-alkyl or cyclic N) is 1. The van der Waals surface area contributed by atoms with Gasteiger partial charge in [-0.1, -0.05) is 0 Å². The maximum atomic E-state index is 10.5. The maximum Gasteiger partial charge on any atom is 1.00 e. The van der Waals surface area contributed by atoms with Crippen LogP contribution >= 0.6 is 0 Å². The molecule has 2 N–H and O–H groups in total. The molecule has 66 valence electrons. The predicted molar refractivity (Wildman–Crippen MR) is 36.8 cm³/mol. The first kappa shape index (κ1) is 12.8. The molecule has 0 aliphatic carbocycles. The average Bonchev–Trinajstić information content (AvgIpc) is 1.87. The summed E-state index contributed by atoms with van der Waals surface area (Å²) in [5, 5.41) is 11.9. The van der Waals surface area contributed by atoms with Gasteiger partial charge in [-0.25, -0.2) is 8.42 Å². The molecule has 0 aromatic rings. The van der Waals surface area contributed by atoms with Crippen molar-refractivity contribution in [3.05, 3.63) is 0 Å². The quantitative estimate of drug-likeness (QED) is 0.332. The first-order valence-corrected chi connectivity index (χ1v) is 4.75. The van der Waals surface area contributed by atoms with Gasteiger partial charge in [-0.05, 0) is 19.4 Å². The van der Waals surface area contributed by atoms with Crippen molar-refractivity contribution < 1.29 is 47.6 Å². The average molecular weight is 203 g/mol. The Kier molecular flexibility index (Phi) is 4.67. The zero-order valence-electron chi connectivity index (χ0n) is 6.91. The van der Waals surface area contributed by atoms with Gasteiger partial charge >= 0.3 is 29.6 Å². The molecule has 1 unspecified atom stereocenters. The largest absolute Gasteiger partial charge is 1.00 e. The predicted octanol–water partition coefficient (Wildman–Crippen LogP) is -4.39. The van der Waals surface area contributed by atoms with E-state index in [1.807, 2.05) is 0 Å². The van der Waals surface area contributed by atoms with Gasteiger partial charge in [0.15, 0.2) is 4.93 Å². The van der Waals surface area contributed by atoms with Gasteiger partial charge in [0.2, 0.25) is 0 Å². The van der Waals surface area contributed by atoms with Crippen LogP contribution in [0, 0.1) is 0 Å². The van der Waals surface area contributed by atoms with Gasteiger partial charge in [0.1, 0.15) is 10.1 Å². The molecule has 0 aromatic carbocycles. The summed E-state index contributed by atoms with van der Waals surface area (Å²) in [6, 6.07) is 0. The van der Waals surface area contributed by atoms with Crippen LogP contribution in [-0.4, -0.2) is 36.1 Å². The third-order valence-corrected chi connectivity index (χ3v) is 3.07. The van der Waals surface area contributed by atoms with Crippen molar-refractivity contribution in [3.63, 3.8) is 0 Å². The standard InChI is InChI=1S/C5H11NO4S.Na/c7-5(11(8,9)10)2-1-3-6-4-5;/h6-7H,1-4H2,(H,8,9,10);/q;+1/p-1. The van der Waals surface area contributed by atoms with Crippen LogP contribution in [0.15, 0.2) is 0 Å². The van der Waals surface area contributed by atoms with E-state index < -0.39 is 15.1 Å². The minimum absolute atomic E-state index is 0. The normalized spacial score (nSPS) is 30.8. The fraction of sp³-hybridized carbons (Fsp3) is 1.00. The minimum atomic E-state index is -4.58. The van der Waals surface area contributed by atoms with E-state index in [1.54, 1.807) is 0 Å². The molecule has 1 rings (SSSR count). The van der Waals surface area contributed by atoms with Crippen molar-refractivity contribution in [2.24, 2.45) is 0 Å². The van der Waals surface area contributed by atoms with Crippen LogP contribution in [0.5, 0.6) is 0 Å². The van der Waals surface area contributed by atoms with Crippen molar-refractivity contribution in [2.45, 2.75) is 17.8 Å². The molecule has 0 bridgehead atoms. The fourth-order valence-corrected chi connectivity index (χ4v) is 1.75. The van der Waals surface area contributed by atoms with Gasteiger partial charge in [-0.15, -0.1) is 0 Å². The topological polar surface area (TPSA) is 89.5 Å². The van der Waals surface area contributed by atoms with Crippen molar-refractivity contribution in [2.75, 3.05) is 13.1 Å². The summed E-state index contributed by atoms with van der Waals surface area (Å²) in [7, 11) is -4.58. The Labute approximate surface area is 93.6 Å². The zero-order chi connectivity index (χ0) is 8.54. The van der Waals surface area contributed by atoms with Crippen LogP contribution < -0.4 is 34.9 Å². The molecule has 0 saturated carbocycles. The van der Waals surface area contributed by atoms with Crippen LogP contribution in [0.1, 0.15) is 12.8 Å². The molecule has 0 spiro atoms. The fourth-order valence-electron chi connectivity index (χ4n) is 1.08. The Morgan fingerprint density at radius 3 is 2.33 bits per heavy atom. The van der Waals surface area contributed by atoms with Crippen molar-refractivity contribution in [3.8, 4) is 0 Å². The van der Waals surface area contributed by atoms with E-state index in [0.29, 0.717) is 13.0 Å². The Hall–Kier alpha value is 0.830. The van der Waals surface area contributed by atoms with Gasteiger partial charge in [-0.2, -0.15) is 0 Å². The molecular weight excluding hydrogens is 193 g/mol. The summed E-state index contributed by atoms with van der Waals surface area (Å²) < 4.78 is 31.4. The molecule has 1 heterocycles. The summed E-state index contributed by atoms with van der Waals surface area (Å²) in [6.07, 6.45) is 0.545. The Balaban J connectivity index is 0.00000121. The summed E-state index contributed by atoms with van der Waals surface area (Å²) >= 11 is 0. The van der Waals surface area contributed by atoms with E-state index in [-0.39, 0.29) is 42.5 Å². The molecule has 0 amide bonds. The molecule has 1 fully saturated rings. The molecule has 1 saturated heterocycles. The van der Waals surface area contributed by atoms with E-state index in [1.165, 1.54) is 0 Å². The Bertz CT molecular complexity index is 234. The third-order valence-electron chi connectivity index (χ3n) is 1.79. The molecule has 1 aliphatic rings. The number of hydrogen-bond donors (Lipinski definition) is 2. The molecule has 12 heavy (non-hydrogen) atoms. The van der Waals surface area contributed by atoms with E-state index >= 15 is 0 Å². The van der Waals surface area contributed by atoms with Crippen molar-refractivity contribution in [1.29, 1.82) is 0 Å². The van der Waals surface area contributed by atoms with Crippen LogP contribution in [0.3, 0.4) is 0 Å². The molecule has 1 atom stereocenters. The van der Waals surface area contributed by atoms with Gasteiger partial charge < -0.3 is 15.0 Å². The van der Waals surface area contributed by atoms with E-state index in [2.05, 4.69) is 5.32 Å². The molecular formula is C5H10NNaO4S. The first-order chi connectivity index (χ1) is 4.96. The van der Waals surface area contributed by atoms with Crippen molar-refractivity contribution in [1.82, 2.24) is 5.32 Å². The summed E-state index contributed by atoms with van der Waals surface area (Å²) in [4.78, 5) is -2.08. The Morgan fingerprint density at radius 2 is 2.08 bits per heavy atom. The van der Waals surface area contributed by atoms with Gasteiger partial charge in [0.05, 0.1) is 0 Å². The molecule has 0 radical (unpaired) electrons. The second kappa shape index (κ2) is 4.36. The Morgan fingerprint density at radius 1 is 1.50 bits per heavy atom. The third kappa shape index (κ3) is 2.66. The first-order valence-electron chi connectivity index (χ1n) is 3.34. The molecule has 0 aromatic heterocycles. The minimum Gasteiger partial charge on any atom is -0.746 e. The summed E-state index contributed by atoms with van der Waals surface area (Å²) in [6.45, 7) is 0.497. The second-order valence-corrected chi connectivity index (χ2v) is 4.35. The van der Waals surface area contributed by atoms with Gasteiger partial charge in [0, 0.05) is 6.54 Å². The van der Waals surface area contributed by atoms with Crippen LogP contribution in [0.25, 0.3) is 0 Å². The smallest absolute Gasteiger partial charge is 0.746 e. The molecule has 5 nitrogen and oxygen atoms in total. The number of nitrogens with one attached hydrogen (secondary N) is 1. The number of hydrogen-bond acceptors (Lipinski definition) is 5. The number of aliphatic hydroxyl groups is 1. The number of piperidine rings is 1. The van der Waals surface area contributed by atoms with E-state index in [9.17, 15) is 18.1 Å². The SMILES string of the molecule is O=S(=O)([O-])C1(O)CCCNC1.[Na+]. The van der Waals surface area contributed by atoms with Gasteiger partial charge in [0.25, 0.3) is 0 Å². The molecule has 7 heteroatoms. The van der Waals surface area contributed by atoms with Crippen LogP contribution in [0.2, 0.25) is 0 Å². The van der Waals surface area contributed by atoms with E-state index in [4.69, 9.17) is 0 Å².